The summed E-state index contributed by atoms with van der Waals surface area (Å²) in [6.45, 7) is 0.513. The Morgan fingerprint density at radius 3 is 2.59 bits per heavy atom. The van der Waals surface area contributed by atoms with Crippen molar-refractivity contribution in [2.45, 2.75) is 23.8 Å². The Kier molecular flexibility index (Phi) is 8.59. The molecular weight excluding hydrogens is 488 g/mol. The summed E-state index contributed by atoms with van der Waals surface area (Å²) in [5.74, 6) is -0.812. The van der Waals surface area contributed by atoms with Gasteiger partial charge in [-0.3, -0.25) is 9.52 Å². The van der Waals surface area contributed by atoms with E-state index in [-0.39, 0.29) is 33.0 Å². The number of rotatable bonds is 10. The van der Waals surface area contributed by atoms with Crippen LogP contribution in [0.3, 0.4) is 0 Å². The zero-order chi connectivity index (χ0) is 24.7. The van der Waals surface area contributed by atoms with E-state index in [0.29, 0.717) is 18.9 Å². The maximum Gasteiger partial charge on any atom is 0.338 e. The molecule has 1 atom stereocenters. The topological polar surface area (TPSA) is 129 Å². The van der Waals surface area contributed by atoms with Crippen molar-refractivity contribution in [3.8, 4) is 11.5 Å². The van der Waals surface area contributed by atoms with Gasteiger partial charge in [0.15, 0.2) is 6.61 Å². The first-order valence-corrected chi connectivity index (χ1v) is 12.2. The van der Waals surface area contributed by atoms with E-state index in [1.807, 2.05) is 0 Å². The molecular formula is C22H25ClN2O8S. The van der Waals surface area contributed by atoms with Gasteiger partial charge in [-0.05, 0) is 37.1 Å². The number of hydrogen-bond donors (Lipinski definition) is 2. The Labute approximate surface area is 202 Å². The third-order valence-electron chi connectivity index (χ3n) is 4.98. The van der Waals surface area contributed by atoms with E-state index in [0.717, 1.165) is 18.9 Å². The lowest BCUT2D eigenvalue weighted by molar-refractivity contribution is -0.124. The predicted molar refractivity (Wildman–Crippen MR) is 124 cm³/mol. The first-order chi connectivity index (χ1) is 16.2. The van der Waals surface area contributed by atoms with Gasteiger partial charge in [-0.25, -0.2) is 13.2 Å². The normalized spacial score (nSPS) is 15.4. The lowest BCUT2D eigenvalue weighted by Gasteiger charge is -2.14. The number of esters is 1. The van der Waals surface area contributed by atoms with Crippen LogP contribution in [0.2, 0.25) is 5.02 Å². The molecule has 12 heteroatoms. The Bertz CT molecular complexity index is 1150. The van der Waals surface area contributed by atoms with Gasteiger partial charge in [0.2, 0.25) is 0 Å². The molecule has 2 aromatic rings. The average molecular weight is 513 g/mol. The van der Waals surface area contributed by atoms with E-state index in [1.54, 1.807) is 0 Å². The van der Waals surface area contributed by atoms with E-state index in [4.69, 9.17) is 30.5 Å². The molecule has 0 unspecified atom stereocenters. The monoisotopic (exact) mass is 512 g/mol. The molecule has 1 fully saturated rings. The number of hydrogen-bond acceptors (Lipinski definition) is 8. The van der Waals surface area contributed by atoms with Crippen LogP contribution >= 0.6 is 11.6 Å². The van der Waals surface area contributed by atoms with Crippen LogP contribution in [0.4, 0.5) is 5.69 Å². The smallest absolute Gasteiger partial charge is 0.338 e. The molecule has 0 spiro atoms. The van der Waals surface area contributed by atoms with Gasteiger partial charge < -0.3 is 24.3 Å². The minimum absolute atomic E-state index is 0.0328. The van der Waals surface area contributed by atoms with Crippen molar-refractivity contribution in [3.05, 3.63) is 47.0 Å². The highest BCUT2D eigenvalue weighted by atomic mass is 35.5. The van der Waals surface area contributed by atoms with E-state index >= 15 is 0 Å². The maximum atomic E-state index is 12.9. The molecule has 2 N–H and O–H groups in total. The number of anilines is 1. The van der Waals surface area contributed by atoms with Crippen LogP contribution < -0.4 is 19.5 Å². The number of benzene rings is 2. The van der Waals surface area contributed by atoms with Crippen molar-refractivity contribution in [1.29, 1.82) is 0 Å². The summed E-state index contributed by atoms with van der Waals surface area (Å²) in [6, 6.07) is 8.02. The number of halogens is 1. The Morgan fingerprint density at radius 1 is 1.15 bits per heavy atom. The van der Waals surface area contributed by atoms with Gasteiger partial charge in [0.1, 0.15) is 11.5 Å². The third-order valence-corrected chi connectivity index (χ3v) is 6.64. The molecule has 2 aromatic carbocycles. The first-order valence-electron chi connectivity index (χ1n) is 10.3. The van der Waals surface area contributed by atoms with Crippen molar-refractivity contribution < 1.29 is 37.0 Å². The summed E-state index contributed by atoms with van der Waals surface area (Å²) in [5.41, 5.74) is 0.0544. The van der Waals surface area contributed by atoms with Crippen molar-refractivity contribution in [3.63, 3.8) is 0 Å². The molecule has 0 saturated carbocycles. The zero-order valence-electron chi connectivity index (χ0n) is 18.6. The molecule has 10 nitrogen and oxygen atoms in total. The molecule has 0 radical (unpaired) electrons. The fraction of sp³-hybridized carbons (Fsp3) is 0.364. The highest BCUT2D eigenvalue weighted by molar-refractivity contribution is 7.92. The number of ether oxygens (including phenoxy) is 4. The standard InChI is InChI=1S/C22H25ClN2O8S/c1-30-19-11-20(31-2)18(10-17(19)23)25-34(28,29)16-7-3-5-14(9-16)22(27)33-13-21(26)24-12-15-6-4-8-32-15/h3,5,7,9-11,15,25H,4,6,8,12-13H2,1-2H3,(H,24,26)/t15-/m0/s1. The van der Waals surface area contributed by atoms with Gasteiger partial charge in [-0.15, -0.1) is 0 Å². The largest absolute Gasteiger partial charge is 0.495 e. The number of carbonyl (C=O) groups is 2. The van der Waals surface area contributed by atoms with Gasteiger partial charge in [-0.2, -0.15) is 0 Å². The van der Waals surface area contributed by atoms with Crippen LogP contribution in [-0.4, -0.2) is 60.4 Å². The van der Waals surface area contributed by atoms with E-state index < -0.39 is 28.5 Å². The maximum absolute atomic E-state index is 12.9. The van der Waals surface area contributed by atoms with Crippen LogP contribution in [0.1, 0.15) is 23.2 Å². The van der Waals surface area contributed by atoms with Crippen LogP contribution in [0.5, 0.6) is 11.5 Å². The van der Waals surface area contributed by atoms with Gasteiger partial charge >= 0.3 is 5.97 Å². The molecule has 0 bridgehead atoms. The van der Waals surface area contributed by atoms with Crippen molar-refractivity contribution in [2.75, 3.05) is 38.7 Å². The minimum Gasteiger partial charge on any atom is -0.495 e. The summed E-state index contributed by atoms with van der Waals surface area (Å²) in [7, 11) is -1.33. The number of nitrogens with one attached hydrogen (secondary N) is 2. The Morgan fingerprint density at radius 2 is 1.91 bits per heavy atom. The van der Waals surface area contributed by atoms with Crippen molar-refractivity contribution >= 4 is 39.2 Å². The van der Waals surface area contributed by atoms with Crippen LogP contribution in [0, 0.1) is 0 Å². The first kappa shape index (κ1) is 25.6. The number of methoxy groups -OCH3 is 2. The molecule has 1 saturated heterocycles. The fourth-order valence-corrected chi connectivity index (χ4v) is 4.58. The number of carbonyl (C=O) groups excluding carboxylic acids is 2. The zero-order valence-corrected chi connectivity index (χ0v) is 20.2. The Hall–Kier alpha value is -3.02. The van der Waals surface area contributed by atoms with Gasteiger partial charge in [0, 0.05) is 19.2 Å². The molecule has 1 heterocycles. The van der Waals surface area contributed by atoms with Gasteiger partial charge in [-0.1, -0.05) is 17.7 Å². The summed E-state index contributed by atoms with van der Waals surface area (Å²) in [4.78, 5) is 24.1. The van der Waals surface area contributed by atoms with Gasteiger partial charge in [0.05, 0.1) is 41.5 Å². The quantitative estimate of drug-likeness (QED) is 0.465. The second kappa shape index (κ2) is 11.4. The van der Waals surface area contributed by atoms with Crippen LogP contribution in [-0.2, 0) is 24.3 Å². The highest BCUT2D eigenvalue weighted by Crippen LogP contribution is 2.37. The highest BCUT2D eigenvalue weighted by Gasteiger charge is 2.21. The van der Waals surface area contributed by atoms with Crippen LogP contribution in [0.15, 0.2) is 41.3 Å². The summed E-state index contributed by atoms with van der Waals surface area (Å²) >= 11 is 6.10. The van der Waals surface area contributed by atoms with Gasteiger partial charge in [0.25, 0.3) is 15.9 Å². The average Bonchev–Trinajstić information content (AvgIpc) is 3.35. The van der Waals surface area contributed by atoms with E-state index in [9.17, 15) is 18.0 Å². The second-order valence-electron chi connectivity index (χ2n) is 7.34. The third kappa shape index (κ3) is 6.52. The predicted octanol–water partition coefficient (Wildman–Crippen LogP) is 2.61. The summed E-state index contributed by atoms with van der Waals surface area (Å²) in [5, 5.41) is 2.82. The molecule has 184 valence electrons. The lowest BCUT2D eigenvalue weighted by atomic mass is 10.2. The van der Waals surface area contributed by atoms with E-state index in [1.165, 1.54) is 44.6 Å². The Balaban J connectivity index is 1.66. The summed E-state index contributed by atoms with van der Waals surface area (Å²) < 4.78 is 49.0. The molecule has 1 aliphatic heterocycles. The number of sulfonamides is 1. The van der Waals surface area contributed by atoms with Crippen molar-refractivity contribution in [1.82, 2.24) is 5.32 Å². The van der Waals surface area contributed by atoms with E-state index in [2.05, 4.69) is 10.0 Å². The second-order valence-corrected chi connectivity index (χ2v) is 9.43. The minimum atomic E-state index is -4.12. The molecule has 0 aliphatic carbocycles. The fourth-order valence-electron chi connectivity index (χ4n) is 3.23. The molecule has 0 aromatic heterocycles. The summed E-state index contributed by atoms with van der Waals surface area (Å²) in [6.07, 6.45) is 1.78. The lowest BCUT2D eigenvalue weighted by Crippen LogP contribution is -2.34. The van der Waals surface area contributed by atoms with Crippen LogP contribution in [0.25, 0.3) is 0 Å². The number of amides is 1. The molecule has 3 rings (SSSR count). The SMILES string of the molecule is COc1cc(OC)c(NS(=O)(=O)c2cccc(C(=O)OCC(=O)NC[C@@H]3CCCO3)c2)cc1Cl. The van der Waals surface area contributed by atoms with Crippen molar-refractivity contribution in [2.24, 2.45) is 0 Å². The molecule has 34 heavy (non-hydrogen) atoms. The molecule has 1 aliphatic rings. The molecule has 1 amide bonds.